The molecule has 0 radical (unpaired) electrons. The Morgan fingerprint density at radius 1 is 1.19 bits per heavy atom. The molecule has 4 heteroatoms. The third-order valence-electron chi connectivity index (χ3n) is 2.84. The number of hydrogen-bond donors (Lipinski definition) is 1. The molecule has 1 aromatic rings. The van der Waals surface area contributed by atoms with Crippen LogP contribution in [0, 0.1) is 11.6 Å². The lowest BCUT2D eigenvalue weighted by molar-refractivity contribution is 0.00494. The molecule has 2 rings (SSSR count). The van der Waals surface area contributed by atoms with Crippen LogP contribution >= 0.6 is 0 Å². The van der Waals surface area contributed by atoms with Crippen molar-refractivity contribution in [1.82, 2.24) is 0 Å². The second kappa shape index (κ2) is 4.78. The van der Waals surface area contributed by atoms with Gasteiger partial charge >= 0.3 is 0 Å². The minimum Gasteiger partial charge on any atom is -0.485 e. The highest BCUT2D eigenvalue weighted by atomic mass is 19.1. The Hall–Kier alpha value is -1.16. The van der Waals surface area contributed by atoms with Crippen molar-refractivity contribution in [2.45, 2.75) is 37.9 Å². The normalized spacial score (nSPS) is 25.4. The van der Waals surface area contributed by atoms with E-state index in [-0.39, 0.29) is 11.9 Å². The maximum atomic E-state index is 13.3. The van der Waals surface area contributed by atoms with E-state index in [1.807, 2.05) is 0 Å². The lowest BCUT2D eigenvalue weighted by Crippen LogP contribution is -2.34. The standard InChI is InChI=1S/C12H14F2O2/c13-8-5-6-11(9(14)7-8)16-12-4-2-1-3-10(12)15/h5-7,10,12,15H,1-4H2. The molecule has 1 aliphatic carbocycles. The topological polar surface area (TPSA) is 29.5 Å². The van der Waals surface area contributed by atoms with Crippen LogP contribution in [0.5, 0.6) is 5.75 Å². The fourth-order valence-corrected chi connectivity index (χ4v) is 1.95. The molecule has 1 N–H and O–H groups in total. The van der Waals surface area contributed by atoms with Gasteiger partial charge in [-0.2, -0.15) is 0 Å². The van der Waals surface area contributed by atoms with Crippen LogP contribution in [-0.2, 0) is 0 Å². The molecule has 0 aromatic heterocycles. The van der Waals surface area contributed by atoms with Crippen molar-refractivity contribution >= 4 is 0 Å². The molecule has 0 aliphatic heterocycles. The first-order valence-electron chi connectivity index (χ1n) is 5.46. The van der Waals surface area contributed by atoms with Crippen molar-refractivity contribution in [3.8, 4) is 5.75 Å². The highest BCUT2D eigenvalue weighted by Gasteiger charge is 2.25. The van der Waals surface area contributed by atoms with E-state index in [1.54, 1.807) is 0 Å². The van der Waals surface area contributed by atoms with Crippen LogP contribution in [0.3, 0.4) is 0 Å². The van der Waals surface area contributed by atoms with Gasteiger partial charge in [-0.25, -0.2) is 8.78 Å². The summed E-state index contributed by atoms with van der Waals surface area (Å²) in [6.07, 6.45) is 2.37. The zero-order chi connectivity index (χ0) is 11.5. The van der Waals surface area contributed by atoms with Crippen LogP contribution < -0.4 is 4.74 Å². The van der Waals surface area contributed by atoms with Crippen LogP contribution in [0.2, 0.25) is 0 Å². The van der Waals surface area contributed by atoms with Crippen molar-refractivity contribution in [3.63, 3.8) is 0 Å². The Bertz CT molecular complexity index is 368. The fourth-order valence-electron chi connectivity index (χ4n) is 1.95. The van der Waals surface area contributed by atoms with Crippen LogP contribution in [0.15, 0.2) is 18.2 Å². The second-order valence-electron chi connectivity index (χ2n) is 4.08. The summed E-state index contributed by atoms with van der Waals surface area (Å²) in [5.74, 6) is -1.35. The summed E-state index contributed by atoms with van der Waals surface area (Å²) >= 11 is 0. The SMILES string of the molecule is OC1CCCCC1Oc1ccc(F)cc1F. The summed E-state index contributed by atoms with van der Waals surface area (Å²) in [6, 6.07) is 3.18. The zero-order valence-corrected chi connectivity index (χ0v) is 8.83. The molecule has 1 saturated carbocycles. The number of halogens is 2. The minimum absolute atomic E-state index is 0.00681. The van der Waals surface area contributed by atoms with Crippen molar-refractivity contribution in [1.29, 1.82) is 0 Å². The Morgan fingerprint density at radius 2 is 1.94 bits per heavy atom. The first-order valence-corrected chi connectivity index (χ1v) is 5.46. The van der Waals surface area contributed by atoms with E-state index in [9.17, 15) is 13.9 Å². The quantitative estimate of drug-likeness (QED) is 0.843. The average molecular weight is 228 g/mol. The molecule has 2 atom stereocenters. The van der Waals surface area contributed by atoms with Crippen molar-refractivity contribution in [3.05, 3.63) is 29.8 Å². The fraction of sp³-hybridized carbons (Fsp3) is 0.500. The van der Waals surface area contributed by atoms with Crippen molar-refractivity contribution in [2.75, 3.05) is 0 Å². The first-order chi connectivity index (χ1) is 7.66. The molecule has 1 aliphatic rings. The van der Waals surface area contributed by atoms with Gasteiger partial charge in [0.2, 0.25) is 0 Å². The molecule has 0 amide bonds. The molecule has 0 heterocycles. The molecule has 0 spiro atoms. The highest BCUT2D eigenvalue weighted by molar-refractivity contribution is 5.25. The summed E-state index contributed by atoms with van der Waals surface area (Å²) in [7, 11) is 0. The lowest BCUT2D eigenvalue weighted by Gasteiger charge is -2.28. The molecule has 1 fully saturated rings. The van der Waals surface area contributed by atoms with Gasteiger partial charge in [0.05, 0.1) is 6.10 Å². The zero-order valence-electron chi connectivity index (χ0n) is 8.83. The minimum atomic E-state index is -0.724. The van der Waals surface area contributed by atoms with E-state index in [4.69, 9.17) is 4.74 Å². The maximum absolute atomic E-state index is 13.3. The predicted octanol–water partition coefficient (Wildman–Crippen LogP) is 2.65. The van der Waals surface area contributed by atoms with E-state index in [1.165, 1.54) is 6.07 Å². The molecule has 0 saturated heterocycles. The second-order valence-corrected chi connectivity index (χ2v) is 4.08. The Morgan fingerprint density at radius 3 is 2.62 bits per heavy atom. The third kappa shape index (κ3) is 2.50. The van der Waals surface area contributed by atoms with Gasteiger partial charge in [0, 0.05) is 6.07 Å². The van der Waals surface area contributed by atoms with E-state index >= 15 is 0 Å². The summed E-state index contributed by atoms with van der Waals surface area (Å²) in [4.78, 5) is 0. The monoisotopic (exact) mass is 228 g/mol. The summed E-state index contributed by atoms with van der Waals surface area (Å²) < 4.78 is 31.3. The van der Waals surface area contributed by atoms with E-state index in [2.05, 4.69) is 0 Å². The van der Waals surface area contributed by atoms with Crippen molar-refractivity contribution in [2.24, 2.45) is 0 Å². The van der Waals surface area contributed by atoms with Gasteiger partial charge in [-0.15, -0.1) is 0 Å². The highest BCUT2D eigenvalue weighted by Crippen LogP contribution is 2.25. The van der Waals surface area contributed by atoms with Gasteiger partial charge < -0.3 is 9.84 Å². The van der Waals surface area contributed by atoms with E-state index in [0.29, 0.717) is 12.8 Å². The van der Waals surface area contributed by atoms with Gasteiger partial charge in [-0.3, -0.25) is 0 Å². The van der Waals surface area contributed by atoms with Gasteiger partial charge in [0.15, 0.2) is 11.6 Å². The Balaban J connectivity index is 2.07. The first kappa shape index (κ1) is 11.3. The number of ether oxygens (including phenoxy) is 1. The molecule has 2 nitrogen and oxygen atoms in total. The number of benzene rings is 1. The van der Waals surface area contributed by atoms with E-state index in [0.717, 1.165) is 25.0 Å². The summed E-state index contributed by atoms with van der Waals surface area (Å²) in [6.45, 7) is 0. The maximum Gasteiger partial charge on any atom is 0.167 e. The largest absolute Gasteiger partial charge is 0.485 e. The molecule has 1 aromatic carbocycles. The lowest BCUT2D eigenvalue weighted by atomic mass is 9.95. The van der Waals surface area contributed by atoms with E-state index < -0.39 is 17.7 Å². The van der Waals surface area contributed by atoms with Crippen LogP contribution in [0.25, 0.3) is 0 Å². The number of aliphatic hydroxyl groups excluding tert-OH is 1. The average Bonchev–Trinajstić information content (AvgIpc) is 2.25. The molecule has 0 bridgehead atoms. The van der Waals surface area contributed by atoms with Gasteiger partial charge in [-0.05, 0) is 31.4 Å². The van der Waals surface area contributed by atoms with Gasteiger partial charge in [-0.1, -0.05) is 6.42 Å². The van der Waals surface area contributed by atoms with Gasteiger partial charge in [0.25, 0.3) is 0 Å². The predicted molar refractivity (Wildman–Crippen MR) is 55.2 cm³/mol. The van der Waals surface area contributed by atoms with Gasteiger partial charge in [0.1, 0.15) is 11.9 Å². The van der Waals surface area contributed by atoms with Crippen LogP contribution in [0.4, 0.5) is 8.78 Å². The molecule has 88 valence electrons. The Kier molecular flexibility index (Phi) is 3.39. The molecule has 16 heavy (non-hydrogen) atoms. The third-order valence-corrected chi connectivity index (χ3v) is 2.84. The smallest absolute Gasteiger partial charge is 0.167 e. The van der Waals surface area contributed by atoms with Crippen LogP contribution in [0.1, 0.15) is 25.7 Å². The number of rotatable bonds is 2. The molecule has 2 unspecified atom stereocenters. The number of hydrogen-bond acceptors (Lipinski definition) is 2. The molecular weight excluding hydrogens is 214 g/mol. The molecular formula is C12H14F2O2. The summed E-state index contributed by atoms with van der Waals surface area (Å²) in [5, 5.41) is 9.65. The Labute approximate surface area is 92.9 Å². The summed E-state index contributed by atoms with van der Waals surface area (Å²) in [5.41, 5.74) is 0. The van der Waals surface area contributed by atoms with Crippen LogP contribution in [-0.4, -0.2) is 17.3 Å². The van der Waals surface area contributed by atoms with Crippen molar-refractivity contribution < 1.29 is 18.6 Å². The number of aliphatic hydroxyl groups is 1.